The number of thioether (sulfide) groups is 1. The fraction of sp³-hybridized carbons (Fsp3) is 0.333. The van der Waals surface area contributed by atoms with E-state index in [1.54, 1.807) is 18.7 Å². The van der Waals surface area contributed by atoms with Crippen molar-refractivity contribution in [3.63, 3.8) is 0 Å². The van der Waals surface area contributed by atoms with Crippen molar-refractivity contribution >= 4 is 35.5 Å². The zero-order valence-corrected chi connectivity index (χ0v) is 26.2. The zero-order valence-electron chi connectivity index (χ0n) is 25.4. The smallest absolute Gasteiger partial charge is 0.410 e. The lowest BCUT2D eigenvalue weighted by atomic mass is 9.84. The summed E-state index contributed by atoms with van der Waals surface area (Å²) in [5.74, 6) is -2.20. The number of nitrogens with zero attached hydrogens (tertiary/aromatic N) is 2. The van der Waals surface area contributed by atoms with Gasteiger partial charge < -0.3 is 14.4 Å². The summed E-state index contributed by atoms with van der Waals surface area (Å²) in [7, 11) is 0. The van der Waals surface area contributed by atoms with Crippen molar-refractivity contribution in [2.24, 2.45) is 5.92 Å². The van der Waals surface area contributed by atoms with Crippen molar-refractivity contribution in [1.82, 2.24) is 9.80 Å². The number of Topliss-reactive ketones (excluding diaryl/α,β-unsaturated/α-hetero) is 1. The lowest BCUT2D eigenvalue weighted by molar-refractivity contribution is -0.155. The summed E-state index contributed by atoms with van der Waals surface area (Å²) < 4.78 is 9.91. The molecule has 2 aliphatic heterocycles. The Bertz CT molecular complexity index is 1400. The first-order valence-corrected chi connectivity index (χ1v) is 16.1. The van der Waals surface area contributed by atoms with Crippen LogP contribution in [-0.4, -0.2) is 77.7 Å². The number of piperidine rings is 1. The standard InChI is InChI=1S/C36H38N2O6S/c1-3-22-44-35(42)38-24-29(23-31(38)33(40)37-21-20-32(39)30(25-37)34(41)43-4-2)45-36(26-14-8-5-9-15-26,27-16-10-6-11-17-27)28-18-12-7-13-19-28/h3,5-19,29-31H,1,4,20-25H2,2H3/t29-,30?,31-/m0/s1. The molecule has 0 N–H and O–H groups in total. The molecule has 0 radical (unpaired) electrons. The van der Waals surface area contributed by atoms with Crippen LogP contribution < -0.4 is 0 Å². The minimum atomic E-state index is -1.03. The fourth-order valence-corrected chi connectivity index (χ4v) is 8.03. The predicted octanol–water partition coefficient (Wildman–Crippen LogP) is 5.46. The molecule has 2 heterocycles. The maximum atomic E-state index is 14.1. The molecule has 1 unspecified atom stereocenters. The molecule has 5 rings (SSSR count). The van der Waals surface area contributed by atoms with Crippen molar-refractivity contribution in [2.45, 2.75) is 35.8 Å². The Morgan fingerprint density at radius 3 is 1.96 bits per heavy atom. The molecule has 2 amide bonds. The highest BCUT2D eigenvalue weighted by atomic mass is 32.2. The second-order valence-electron chi connectivity index (χ2n) is 11.1. The van der Waals surface area contributed by atoms with Crippen LogP contribution in [0.1, 0.15) is 36.5 Å². The van der Waals surface area contributed by atoms with Crippen LogP contribution in [0.4, 0.5) is 4.79 Å². The molecule has 9 heteroatoms. The average molecular weight is 627 g/mol. The number of ketones is 1. The van der Waals surface area contributed by atoms with Crippen molar-refractivity contribution in [3.05, 3.63) is 120 Å². The average Bonchev–Trinajstić information content (AvgIpc) is 3.51. The molecule has 0 aliphatic carbocycles. The molecule has 2 aliphatic rings. The molecule has 2 saturated heterocycles. The van der Waals surface area contributed by atoms with E-state index >= 15 is 0 Å². The highest BCUT2D eigenvalue weighted by Crippen LogP contribution is 2.52. The number of carbonyl (C=O) groups is 4. The van der Waals surface area contributed by atoms with Gasteiger partial charge in [0.15, 0.2) is 5.78 Å². The molecule has 8 nitrogen and oxygen atoms in total. The third kappa shape index (κ3) is 6.83. The van der Waals surface area contributed by atoms with E-state index in [0.29, 0.717) is 6.42 Å². The van der Waals surface area contributed by atoms with Crippen LogP contribution in [0.25, 0.3) is 0 Å². The van der Waals surface area contributed by atoms with E-state index in [4.69, 9.17) is 9.47 Å². The van der Waals surface area contributed by atoms with Gasteiger partial charge in [-0.2, -0.15) is 0 Å². The largest absolute Gasteiger partial charge is 0.465 e. The van der Waals surface area contributed by atoms with Gasteiger partial charge in [-0.25, -0.2) is 4.79 Å². The third-order valence-electron chi connectivity index (χ3n) is 8.29. The molecule has 3 aromatic carbocycles. The van der Waals surface area contributed by atoms with Crippen molar-refractivity contribution in [1.29, 1.82) is 0 Å². The third-order valence-corrected chi connectivity index (χ3v) is 10.0. The number of benzene rings is 3. The Labute approximate surface area is 268 Å². The fourth-order valence-electron chi connectivity index (χ4n) is 6.20. The Kier molecular flexibility index (Phi) is 10.4. The van der Waals surface area contributed by atoms with E-state index in [9.17, 15) is 19.2 Å². The van der Waals surface area contributed by atoms with Gasteiger partial charge in [0.05, 0.1) is 11.4 Å². The van der Waals surface area contributed by atoms with Crippen molar-refractivity contribution < 1.29 is 28.7 Å². The minimum absolute atomic E-state index is 0.0131. The predicted molar refractivity (Wildman–Crippen MR) is 174 cm³/mol. The van der Waals surface area contributed by atoms with Gasteiger partial charge in [-0.3, -0.25) is 19.3 Å². The van der Waals surface area contributed by atoms with Gasteiger partial charge in [0.1, 0.15) is 18.6 Å². The van der Waals surface area contributed by atoms with Gasteiger partial charge in [-0.1, -0.05) is 104 Å². The highest BCUT2D eigenvalue weighted by Gasteiger charge is 2.48. The van der Waals surface area contributed by atoms with Crippen LogP contribution in [0.5, 0.6) is 0 Å². The first kappa shape index (κ1) is 32.0. The summed E-state index contributed by atoms with van der Waals surface area (Å²) in [6.07, 6.45) is 1.31. The van der Waals surface area contributed by atoms with E-state index in [0.717, 1.165) is 16.7 Å². The van der Waals surface area contributed by atoms with Crippen LogP contribution in [0, 0.1) is 5.92 Å². The van der Waals surface area contributed by atoms with E-state index in [-0.39, 0.29) is 56.2 Å². The summed E-state index contributed by atoms with van der Waals surface area (Å²) in [5.41, 5.74) is 3.24. The normalized spacial score (nSPS) is 20.0. The zero-order chi connectivity index (χ0) is 31.8. The van der Waals surface area contributed by atoms with Gasteiger partial charge in [0, 0.05) is 31.3 Å². The van der Waals surface area contributed by atoms with Gasteiger partial charge in [-0.05, 0) is 30.0 Å². The Hall–Kier alpha value is -4.37. The van der Waals surface area contributed by atoms with Crippen LogP contribution >= 0.6 is 11.8 Å². The molecule has 234 valence electrons. The number of hydrogen-bond donors (Lipinski definition) is 0. The van der Waals surface area contributed by atoms with Gasteiger partial charge in [0.25, 0.3) is 0 Å². The first-order chi connectivity index (χ1) is 21.9. The number of amides is 2. The molecular formula is C36H38N2O6S. The molecule has 3 atom stereocenters. The number of esters is 1. The topological polar surface area (TPSA) is 93.2 Å². The second-order valence-corrected chi connectivity index (χ2v) is 12.6. The minimum Gasteiger partial charge on any atom is -0.465 e. The molecule has 0 saturated carbocycles. The van der Waals surface area contributed by atoms with Gasteiger partial charge in [-0.15, -0.1) is 11.8 Å². The lowest BCUT2D eigenvalue weighted by Crippen LogP contribution is -2.53. The summed E-state index contributed by atoms with van der Waals surface area (Å²) in [6, 6.07) is 29.9. The van der Waals surface area contributed by atoms with E-state index < -0.39 is 28.8 Å². The Morgan fingerprint density at radius 1 is 0.889 bits per heavy atom. The number of rotatable bonds is 10. The molecule has 2 fully saturated rings. The Balaban J connectivity index is 1.50. The lowest BCUT2D eigenvalue weighted by Gasteiger charge is -2.37. The maximum Gasteiger partial charge on any atom is 0.410 e. The summed E-state index contributed by atoms with van der Waals surface area (Å²) >= 11 is 1.72. The van der Waals surface area contributed by atoms with E-state index in [1.165, 1.54) is 15.9 Å². The van der Waals surface area contributed by atoms with Crippen LogP contribution in [0.15, 0.2) is 104 Å². The van der Waals surface area contributed by atoms with Crippen LogP contribution in [0.2, 0.25) is 0 Å². The molecule has 0 bridgehead atoms. The summed E-state index contributed by atoms with van der Waals surface area (Å²) in [5, 5.41) is -0.164. The summed E-state index contributed by atoms with van der Waals surface area (Å²) in [4.78, 5) is 55.6. The molecular weight excluding hydrogens is 588 g/mol. The van der Waals surface area contributed by atoms with Gasteiger partial charge >= 0.3 is 12.1 Å². The molecule has 3 aromatic rings. The van der Waals surface area contributed by atoms with E-state index in [2.05, 4.69) is 43.0 Å². The van der Waals surface area contributed by atoms with Crippen LogP contribution in [-0.2, 0) is 28.6 Å². The molecule has 0 spiro atoms. The van der Waals surface area contributed by atoms with Crippen LogP contribution in [0.3, 0.4) is 0 Å². The SMILES string of the molecule is C=CCOC(=O)N1C[C@@H](SC(c2ccccc2)(c2ccccc2)c2ccccc2)C[C@H]1C(=O)N1CCC(=O)C(C(=O)OCC)C1. The first-order valence-electron chi connectivity index (χ1n) is 15.3. The highest BCUT2D eigenvalue weighted by molar-refractivity contribution is 8.01. The Morgan fingerprint density at radius 2 is 1.44 bits per heavy atom. The summed E-state index contributed by atoms with van der Waals surface area (Å²) in [6.45, 7) is 5.87. The maximum absolute atomic E-state index is 14.1. The number of carbonyl (C=O) groups excluding carboxylic acids is 4. The number of hydrogen-bond acceptors (Lipinski definition) is 7. The molecule has 45 heavy (non-hydrogen) atoms. The number of likely N-dealkylation sites (tertiary alicyclic amines) is 2. The number of ether oxygens (including phenoxy) is 2. The van der Waals surface area contributed by atoms with Gasteiger partial charge in [0.2, 0.25) is 5.91 Å². The quantitative estimate of drug-likeness (QED) is 0.128. The molecule has 0 aromatic heterocycles. The van der Waals surface area contributed by atoms with Crippen molar-refractivity contribution in [3.8, 4) is 0 Å². The second kappa shape index (κ2) is 14.6. The van der Waals surface area contributed by atoms with E-state index in [1.807, 2.05) is 54.6 Å². The van der Waals surface area contributed by atoms with Crippen molar-refractivity contribution in [2.75, 3.05) is 32.8 Å². The monoisotopic (exact) mass is 626 g/mol.